The third-order valence-corrected chi connectivity index (χ3v) is 4.45. The summed E-state index contributed by atoms with van der Waals surface area (Å²) in [7, 11) is 0. The molecule has 0 bridgehead atoms. The van der Waals surface area contributed by atoms with Gasteiger partial charge in [-0.2, -0.15) is 0 Å². The summed E-state index contributed by atoms with van der Waals surface area (Å²) in [5, 5.41) is 3.03. The van der Waals surface area contributed by atoms with E-state index in [4.69, 9.17) is 9.47 Å². The van der Waals surface area contributed by atoms with Crippen molar-refractivity contribution in [2.45, 2.75) is 13.0 Å². The molecule has 5 heteroatoms. The van der Waals surface area contributed by atoms with E-state index in [1.807, 2.05) is 60.3 Å². The normalized spacial score (nSPS) is 13.9. The average molecular weight is 348 g/mol. The van der Waals surface area contributed by atoms with Gasteiger partial charge >= 0.3 is 0 Å². The minimum Gasteiger partial charge on any atom is -0.486 e. The van der Waals surface area contributed by atoms with Crippen molar-refractivity contribution in [3.63, 3.8) is 0 Å². The van der Waals surface area contributed by atoms with Crippen molar-refractivity contribution >= 4 is 5.91 Å². The van der Waals surface area contributed by atoms with Crippen molar-refractivity contribution in [3.8, 4) is 17.2 Å². The molecule has 2 heterocycles. The predicted octanol–water partition coefficient (Wildman–Crippen LogP) is 3.74. The Morgan fingerprint density at radius 2 is 1.69 bits per heavy atom. The van der Waals surface area contributed by atoms with E-state index in [0.717, 1.165) is 11.3 Å². The van der Waals surface area contributed by atoms with Gasteiger partial charge in [0.05, 0.1) is 6.04 Å². The molecule has 1 amide bonds. The fourth-order valence-corrected chi connectivity index (χ4v) is 2.99. The van der Waals surface area contributed by atoms with E-state index in [9.17, 15) is 4.79 Å². The summed E-state index contributed by atoms with van der Waals surface area (Å²) in [6.07, 6.45) is 4.00. The lowest BCUT2D eigenvalue weighted by atomic mass is 10.1. The molecule has 0 radical (unpaired) electrons. The molecule has 0 fully saturated rings. The summed E-state index contributed by atoms with van der Waals surface area (Å²) in [5.41, 5.74) is 2.70. The van der Waals surface area contributed by atoms with Crippen LogP contribution in [0.5, 0.6) is 11.5 Å². The van der Waals surface area contributed by atoms with Crippen LogP contribution in [0.15, 0.2) is 67.0 Å². The Bertz CT molecular complexity index is 902. The molecule has 3 aromatic rings. The van der Waals surface area contributed by atoms with Gasteiger partial charge in [-0.3, -0.25) is 4.79 Å². The molecule has 0 aliphatic carbocycles. The number of amides is 1. The molecular formula is C21H20N2O3. The lowest BCUT2D eigenvalue weighted by Crippen LogP contribution is -2.27. The molecule has 1 N–H and O–H groups in total. The van der Waals surface area contributed by atoms with Crippen LogP contribution in [0.25, 0.3) is 5.69 Å². The number of hydrogen-bond donors (Lipinski definition) is 1. The Morgan fingerprint density at radius 3 is 2.42 bits per heavy atom. The van der Waals surface area contributed by atoms with Gasteiger partial charge in [0.2, 0.25) is 0 Å². The first kappa shape index (κ1) is 16.3. The second kappa shape index (κ2) is 6.96. The second-order valence-corrected chi connectivity index (χ2v) is 6.24. The highest BCUT2D eigenvalue weighted by Gasteiger charge is 2.16. The van der Waals surface area contributed by atoms with Gasteiger partial charge in [0.15, 0.2) is 11.5 Å². The summed E-state index contributed by atoms with van der Waals surface area (Å²) in [4.78, 5) is 12.6. The Kier molecular flexibility index (Phi) is 4.35. The molecule has 1 atom stereocenters. The largest absolute Gasteiger partial charge is 0.486 e. The predicted molar refractivity (Wildman–Crippen MR) is 99.1 cm³/mol. The zero-order chi connectivity index (χ0) is 17.9. The van der Waals surface area contributed by atoms with Gasteiger partial charge in [0.25, 0.3) is 5.91 Å². The molecular weight excluding hydrogens is 328 g/mol. The fraction of sp³-hybridized carbons (Fsp3) is 0.190. The molecule has 0 saturated carbocycles. The van der Waals surface area contributed by atoms with E-state index in [-0.39, 0.29) is 11.9 Å². The number of aromatic nitrogens is 1. The van der Waals surface area contributed by atoms with E-state index in [0.29, 0.717) is 30.3 Å². The van der Waals surface area contributed by atoms with Gasteiger partial charge in [0, 0.05) is 23.6 Å². The highest BCUT2D eigenvalue weighted by Crippen LogP contribution is 2.30. The highest BCUT2D eigenvalue weighted by atomic mass is 16.6. The Labute approximate surface area is 152 Å². The third kappa shape index (κ3) is 3.28. The van der Waals surface area contributed by atoms with Crippen LogP contribution in [0.1, 0.15) is 28.9 Å². The van der Waals surface area contributed by atoms with Crippen molar-refractivity contribution in [3.05, 3.63) is 78.1 Å². The lowest BCUT2D eigenvalue weighted by molar-refractivity contribution is 0.0938. The first-order chi connectivity index (χ1) is 12.7. The van der Waals surface area contributed by atoms with Crippen LogP contribution in [-0.4, -0.2) is 23.7 Å². The number of carbonyl (C=O) groups excluding carboxylic acids is 1. The van der Waals surface area contributed by atoms with Crippen molar-refractivity contribution in [1.29, 1.82) is 0 Å². The van der Waals surface area contributed by atoms with Crippen LogP contribution in [-0.2, 0) is 0 Å². The molecule has 4 rings (SSSR count). The van der Waals surface area contributed by atoms with E-state index in [1.54, 1.807) is 18.2 Å². The van der Waals surface area contributed by atoms with Crippen molar-refractivity contribution in [1.82, 2.24) is 9.88 Å². The van der Waals surface area contributed by atoms with Crippen LogP contribution >= 0.6 is 0 Å². The molecule has 132 valence electrons. The maximum absolute atomic E-state index is 12.6. The topological polar surface area (TPSA) is 52.5 Å². The Balaban J connectivity index is 1.45. The summed E-state index contributed by atoms with van der Waals surface area (Å²) in [6.45, 7) is 3.01. The SMILES string of the molecule is CC(NC(=O)c1ccc2c(c1)OCCO2)c1ccc(-n2cccc2)cc1. The Morgan fingerprint density at radius 1 is 1.00 bits per heavy atom. The smallest absolute Gasteiger partial charge is 0.251 e. The number of carbonyl (C=O) groups is 1. The first-order valence-electron chi connectivity index (χ1n) is 8.64. The molecule has 1 aliphatic rings. The van der Waals surface area contributed by atoms with Gasteiger partial charge in [-0.15, -0.1) is 0 Å². The minimum atomic E-state index is -0.135. The molecule has 26 heavy (non-hydrogen) atoms. The molecule has 1 aromatic heterocycles. The first-order valence-corrected chi connectivity index (χ1v) is 8.64. The van der Waals surface area contributed by atoms with Gasteiger partial charge < -0.3 is 19.4 Å². The highest BCUT2D eigenvalue weighted by molar-refractivity contribution is 5.95. The van der Waals surface area contributed by atoms with E-state index in [1.165, 1.54) is 0 Å². The summed E-state index contributed by atoms with van der Waals surface area (Å²) >= 11 is 0. The summed E-state index contributed by atoms with van der Waals surface area (Å²) in [5.74, 6) is 1.16. The van der Waals surface area contributed by atoms with Crippen LogP contribution < -0.4 is 14.8 Å². The van der Waals surface area contributed by atoms with Crippen LogP contribution in [0.2, 0.25) is 0 Å². The monoisotopic (exact) mass is 348 g/mol. The number of nitrogens with one attached hydrogen (secondary N) is 1. The standard InChI is InChI=1S/C21H20N2O3/c1-15(16-4-7-18(8-5-16)23-10-2-3-11-23)22-21(24)17-6-9-19-20(14-17)26-13-12-25-19/h2-11,14-15H,12-13H2,1H3,(H,22,24). The summed E-state index contributed by atoms with van der Waals surface area (Å²) in [6, 6.07) is 17.3. The number of benzene rings is 2. The molecule has 5 nitrogen and oxygen atoms in total. The zero-order valence-electron chi connectivity index (χ0n) is 14.5. The van der Waals surface area contributed by atoms with Gasteiger partial charge in [0.1, 0.15) is 13.2 Å². The summed E-state index contributed by atoms with van der Waals surface area (Å²) < 4.78 is 13.1. The van der Waals surface area contributed by atoms with Crippen molar-refractivity contribution in [2.24, 2.45) is 0 Å². The second-order valence-electron chi connectivity index (χ2n) is 6.24. The molecule has 2 aromatic carbocycles. The minimum absolute atomic E-state index is 0.102. The number of fused-ring (bicyclic) bond motifs is 1. The molecule has 0 saturated heterocycles. The number of nitrogens with zero attached hydrogens (tertiary/aromatic N) is 1. The van der Waals surface area contributed by atoms with Gasteiger partial charge in [-0.05, 0) is 55.0 Å². The van der Waals surface area contributed by atoms with E-state index in [2.05, 4.69) is 5.32 Å². The van der Waals surface area contributed by atoms with Gasteiger partial charge in [-0.25, -0.2) is 0 Å². The Hall–Kier alpha value is -3.21. The fourth-order valence-electron chi connectivity index (χ4n) is 2.99. The molecule has 1 unspecified atom stereocenters. The maximum atomic E-state index is 12.6. The third-order valence-electron chi connectivity index (χ3n) is 4.45. The maximum Gasteiger partial charge on any atom is 0.251 e. The average Bonchev–Trinajstić information content (AvgIpc) is 3.22. The van der Waals surface area contributed by atoms with Crippen LogP contribution in [0, 0.1) is 0 Å². The van der Waals surface area contributed by atoms with E-state index < -0.39 is 0 Å². The molecule has 1 aliphatic heterocycles. The number of rotatable bonds is 4. The van der Waals surface area contributed by atoms with Crippen molar-refractivity contribution < 1.29 is 14.3 Å². The van der Waals surface area contributed by atoms with E-state index >= 15 is 0 Å². The lowest BCUT2D eigenvalue weighted by Gasteiger charge is -2.19. The van der Waals surface area contributed by atoms with Crippen LogP contribution in [0.3, 0.4) is 0 Å². The van der Waals surface area contributed by atoms with Crippen molar-refractivity contribution in [2.75, 3.05) is 13.2 Å². The van der Waals surface area contributed by atoms with Gasteiger partial charge in [-0.1, -0.05) is 12.1 Å². The zero-order valence-corrected chi connectivity index (χ0v) is 14.5. The molecule has 0 spiro atoms. The quantitative estimate of drug-likeness (QED) is 0.781. The number of ether oxygens (including phenoxy) is 2. The van der Waals surface area contributed by atoms with Crippen LogP contribution in [0.4, 0.5) is 0 Å². The number of hydrogen-bond acceptors (Lipinski definition) is 3.